The second-order valence-corrected chi connectivity index (χ2v) is 3.53. The van der Waals surface area contributed by atoms with Crippen LogP contribution in [0.3, 0.4) is 0 Å². The summed E-state index contributed by atoms with van der Waals surface area (Å²) in [5.74, 6) is -0.647. The van der Waals surface area contributed by atoms with E-state index in [2.05, 4.69) is 4.74 Å². The van der Waals surface area contributed by atoms with Crippen LogP contribution in [0.1, 0.15) is 5.56 Å². The minimum Gasteiger partial charge on any atom is -0.506 e. The highest BCUT2D eigenvalue weighted by molar-refractivity contribution is 6.35. The fourth-order valence-corrected chi connectivity index (χ4v) is 1.45. The highest BCUT2D eigenvalue weighted by Crippen LogP contribution is 2.31. The molecule has 0 radical (unpaired) electrons. The van der Waals surface area contributed by atoms with Crippen LogP contribution in [0.2, 0.25) is 10.0 Å². The molecule has 0 amide bonds. The Hall–Kier alpha value is -1.19. The van der Waals surface area contributed by atoms with Gasteiger partial charge in [-0.25, -0.2) is 4.79 Å². The molecule has 0 heterocycles. The number of methoxy groups -OCH3 is 1. The largest absolute Gasteiger partial charge is 0.506 e. The van der Waals surface area contributed by atoms with Gasteiger partial charge in [0.15, 0.2) is 0 Å². The summed E-state index contributed by atoms with van der Waals surface area (Å²) in [6, 6.07) is 2.90. The zero-order valence-electron chi connectivity index (χ0n) is 7.83. The molecule has 0 aliphatic rings. The molecular formula is C10H8Cl2O3. The van der Waals surface area contributed by atoms with E-state index in [9.17, 15) is 9.90 Å². The van der Waals surface area contributed by atoms with Crippen molar-refractivity contribution in [3.63, 3.8) is 0 Å². The van der Waals surface area contributed by atoms with Crippen molar-refractivity contribution in [1.29, 1.82) is 0 Å². The molecule has 0 unspecified atom stereocenters. The van der Waals surface area contributed by atoms with Gasteiger partial charge < -0.3 is 9.84 Å². The zero-order valence-corrected chi connectivity index (χ0v) is 9.34. The van der Waals surface area contributed by atoms with Crippen LogP contribution in [0, 0.1) is 0 Å². The minimum atomic E-state index is -0.523. The number of ether oxygens (including phenoxy) is 1. The predicted octanol–water partition coefficient (Wildman–Crippen LogP) is 2.89. The lowest BCUT2D eigenvalue weighted by molar-refractivity contribution is -0.134. The van der Waals surface area contributed by atoms with E-state index in [1.54, 1.807) is 0 Å². The SMILES string of the molecule is COC(=O)C=Cc1cc(Cl)cc(Cl)c1O. The molecule has 0 saturated heterocycles. The summed E-state index contributed by atoms with van der Waals surface area (Å²) >= 11 is 11.4. The number of phenolic OH excluding ortho intramolecular Hbond substituents is 1. The summed E-state index contributed by atoms with van der Waals surface area (Å²) in [6.45, 7) is 0. The maximum atomic E-state index is 10.8. The number of hydrogen-bond acceptors (Lipinski definition) is 3. The first-order chi connectivity index (χ1) is 7.04. The normalized spacial score (nSPS) is 10.6. The first-order valence-corrected chi connectivity index (χ1v) is 4.74. The molecule has 1 aromatic carbocycles. The smallest absolute Gasteiger partial charge is 0.330 e. The molecule has 0 fully saturated rings. The van der Waals surface area contributed by atoms with Gasteiger partial charge in [0.2, 0.25) is 0 Å². The van der Waals surface area contributed by atoms with Crippen molar-refractivity contribution in [2.24, 2.45) is 0 Å². The molecule has 5 heteroatoms. The van der Waals surface area contributed by atoms with E-state index in [0.29, 0.717) is 10.6 Å². The minimum absolute atomic E-state index is 0.124. The molecule has 0 bridgehead atoms. The third kappa shape index (κ3) is 3.15. The van der Waals surface area contributed by atoms with Crippen molar-refractivity contribution in [2.45, 2.75) is 0 Å². The molecule has 0 aliphatic heterocycles. The highest BCUT2D eigenvalue weighted by atomic mass is 35.5. The van der Waals surface area contributed by atoms with E-state index in [0.717, 1.165) is 0 Å². The van der Waals surface area contributed by atoms with Gasteiger partial charge in [-0.1, -0.05) is 23.2 Å². The van der Waals surface area contributed by atoms with Crippen LogP contribution >= 0.6 is 23.2 Å². The standard InChI is InChI=1S/C10H8Cl2O3/c1-15-9(13)3-2-6-4-7(11)5-8(12)10(6)14/h2-5,14H,1H3. The molecule has 80 valence electrons. The van der Waals surface area contributed by atoms with Gasteiger partial charge in [-0.15, -0.1) is 0 Å². The fourth-order valence-electron chi connectivity index (χ4n) is 0.939. The van der Waals surface area contributed by atoms with Gasteiger partial charge in [-0.05, 0) is 18.2 Å². The summed E-state index contributed by atoms with van der Waals surface area (Å²) in [6.07, 6.45) is 2.54. The molecule has 0 atom stereocenters. The van der Waals surface area contributed by atoms with Crippen molar-refractivity contribution in [1.82, 2.24) is 0 Å². The number of aromatic hydroxyl groups is 1. The number of rotatable bonds is 2. The van der Waals surface area contributed by atoms with Crippen molar-refractivity contribution >= 4 is 35.2 Å². The predicted molar refractivity (Wildman–Crippen MR) is 59.2 cm³/mol. The molecule has 15 heavy (non-hydrogen) atoms. The number of halogens is 2. The number of carbonyl (C=O) groups is 1. The third-order valence-corrected chi connectivity index (χ3v) is 2.16. The molecular weight excluding hydrogens is 239 g/mol. The average molecular weight is 247 g/mol. The maximum absolute atomic E-state index is 10.8. The van der Waals surface area contributed by atoms with E-state index in [1.807, 2.05) is 0 Å². The van der Waals surface area contributed by atoms with Crippen LogP contribution in [0.4, 0.5) is 0 Å². The summed E-state index contributed by atoms with van der Waals surface area (Å²) in [5.41, 5.74) is 0.359. The lowest BCUT2D eigenvalue weighted by Gasteiger charge is -2.02. The Morgan fingerprint density at radius 1 is 1.47 bits per heavy atom. The topological polar surface area (TPSA) is 46.5 Å². The molecule has 1 N–H and O–H groups in total. The van der Waals surface area contributed by atoms with Gasteiger partial charge in [0.25, 0.3) is 0 Å². The van der Waals surface area contributed by atoms with Crippen molar-refractivity contribution in [3.05, 3.63) is 33.8 Å². The van der Waals surface area contributed by atoms with Gasteiger partial charge in [0.05, 0.1) is 12.1 Å². The molecule has 1 aromatic rings. The van der Waals surface area contributed by atoms with Gasteiger partial charge in [0, 0.05) is 16.7 Å². The van der Waals surface area contributed by atoms with E-state index in [4.69, 9.17) is 23.2 Å². The zero-order chi connectivity index (χ0) is 11.4. The molecule has 0 aliphatic carbocycles. The molecule has 0 saturated carbocycles. The van der Waals surface area contributed by atoms with Gasteiger partial charge in [-0.3, -0.25) is 0 Å². The maximum Gasteiger partial charge on any atom is 0.330 e. The Labute approximate surface area is 96.9 Å². The average Bonchev–Trinajstić information content (AvgIpc) is 2.20. The van der Waals surface area contributed by atoms with E-state index >= 15 is 0 Å². The summed E-state index contributed by atoms with van der Waals surface area (Å²) in [5, 5.41) is 10.0. The Morgan fingerprint density at radius 3 is 2.73 bits per heavy atom. The van der Waals surface area contributed by atoms with Crippen molar-refractivity contribution < 1.29 is 14.6 Å². The van der Waals surface area contributed by atoms with E-state index in [1.165, 1.54) is 31.4 Å². The second-order valence-electron chi connectivity index (χ2n) is 2.68. The number of carbonyl (C=O) groups excluding carboxylic acids is 1. The third-order valence-electron chi connectivity index (χ3n) is 1.66. The number of phenols is 1. The van der Waals surface area contributed by atoms with Crippen LogP contribution in [-0.2, 0) is 9.53 Å². The lowest BCUT2D eigenvalue weighted by atomic mass is 10.2. The Morgan fingerprint density at radius 2 is 2.13 bits per heavy atom. The highest BCUT2D eigenvalue weighted by Gasteiger charge is 2.05. The summed E-state index contributed by atoms with van der Waals surface area (Å²) < 4.78 is 4.40. The monoisotopic (exact) mass is 246 g/mol. The quantitative estimate of drug-likeness (QED) is 0.645. The van der Waals surface area contributed by atoms with Crippen LogP contribution in [0.5, 0.6) is 5.75 Å². The first kappa shape index (κ1) is 11.9. The molecule has 1 rings (SSSR count). The van der Waals surface area contributed by atoms with Gasteiger partial charge in [0.1, 0.15) is 5.75 Å². The second kappa shape index (κ2) is 5.05. The molecule has 0 spiro atoms. The van der Waals surface area contributed by atoms with Crippen molar-refractivity contribution in [3.8, 4) is 5.75 Å². The number of esters is 1. The van der Waals surface area contributed by atoms with Crippen LogP contribution in [0.25, 0.3) is 6.08 Å². The molecule has 3 nitrogen and oxygen atoms in total. The van der Waals surface area contributed by atoms with E-state index in [-0.39, 0.29) is 10.8 Å². The lowest BCUT2D eigenvalue weighted by Crippen LogP contribution is -1.93. The first-order valence-electron chi connectivity index (χ1n) is 3.98. The fraction of sp³-hybridized carbons (Fsp3) is 0.100. The Bertz CT molecular complexity index is 413. The Kier molecular flexibility index (Phi) is 4.00. The number of benzene rings is 1. The van der Waals surface area contributed by atoms with Crippen LogP contribution in [0.15, 0.2) is 18.2 Å². The van der Waals surface area contributed by atoms with E-state index < -0.39 is 5.97 Å². The van der Waals surface area contributed by atoms with Gasteiger partial charge >= 0.3 is 5.97 Å². The van der Waals surface area contributed by atoms with Crippen LogP contribution < -0.4 is 0 Å². The Balaban J connectivity index is 3.04. The molecule has 0 aromatic heterocycles. The number of hydrogen-bond donors (Lipinski definition) is 1. The van der Waals surface area contributed by atoms with Crippen LogP contribution in [-0.4, -0.2) is 18.2 Å². The van der Waals surface area contributed by atoms with Gasteiger partial charge in [-0.2, -0.15) is 0 Å². The summed E-state index contributed by atoms with van der Waals surface area (Å²) in [7, 11) is 1.26. The van der Waals surface area contributed by atoms with Crippen molar-refractivity contribution in [2.75, 3.05) is 7.11 Å². The summed E-state index contributed by atoms with van der Waals surface area (Å²) in [4.78, 5) is 10.8.